The Morgan fingerprint density at radius 2 is 1.83 bits per heavy atom. The number of nitrogens with zero attached hydrogens (tertiary/aromatic N) is 1. The normalized spacial score (nSPS) is 16.7. The fourth-order valence-corrected chi connectivity index (χ4v) is 2.71. The summed E-state index contributed by atoms with van der Waals surface area (Å²) < 4.78 is 0. The fourth-order valence-electron chi connectivity index (χ4n) is 2.71. The van der Waals surface area contributed by atoms with Crippen molar-refractivity contribution in [1.82, 2.24) is 5.32 Å². The Bertz CT molecular complexity index is 376. The molecule has 0 aromatic heterocycles. The van der Waals surface area contributed by atoms with Crippen LogP contribution in [-0.4, -0.2) is 26.2 Å². The molecule has 2 heteroatoms. The number of anilines is 1. The SMILES string of the molecule is CCNC(CN(C)c1cc(C)cc(C)c1)C1CC1. The second-order valence-electron chi connectivity index (χ2n) is 5.73. The number of aryl methyl sites for hydroxylation is 2. The van der Waals surface area contributed by atoms with Gasteiger partial charge in [-0.15, -0.1) is 0 Å². The minimum atomic E-state index is 0.654. The van der Waals surface area contributed by atoms with Gasteiger partial charge < -0.3 is 10.2 Å². The van der Waals surface area contributed by atoms with Gasteiger partial charge in [0.2, 0.25) is 0 Å². The van der Waals surface area contributed by atoms with Crippen LogP contribution < -0.4 is 10.2 Å². The van der Waals surface area contributed by atoms with E-state index in [9.17, 15) is 0 Å². The third-order valence-corrected chi connectivity index (χ3v) is 3.78. The van der Waals surface area contributed by atoms with E-state index in [1.165, 1.54) is 29.7 Å². The lowest BCUT2D eigenvalue weighted by Gasteiger charge is -2.27. The molecule has 0 amide bonds. The first-order valence-electron chi connectivity index (χ1n) is 7.13. The first kappa shape index (κ1) is 13.4. The van der Waals surface area contributed by atoms with E-state index in [4.69, 9.17) is 0 Å². The van der Waals surface area contributed by atoms with Gasteiger partial charge in [0.25, 0.3) is 0 Å². The number of hydrogen-bond donors (Lipinski definition) is 1. The van der Waals surface area contributed by atoms with E-state index in [1.54, 1.807) is 0 Å². The van der Waals surface area contributed by atoms with Gasteiger partial charge in [0.15, 0.2) is 0 Å². The molecule has 18 heavy (non-hydrogen) atoms. The smallest absolute Gasteiger partial charge is 0.0369 e. The van der Waals surface area contributed by atoms with E-state index in [0.29, 0.717) is 6.04 Å². The molecule has 2 rings (SSSR count). The number of likely N-dealkylation sites (N-methyl/N-ethyl adjacent to an activating group) is 2. The molecule has 0 heterocycles. The summed E-state index contributed by atoms with van der Waals surface area (Å²) in [7, 11) is 2.21. The molecule has 100 valence electrons. The van der Waals surface area contributed by atoms with E-state index >= 15 is 0 Å². The van der Waals surface area contributed by atoms with Crippen molar-refractivity contribution >= 4 is 5.69 Å². The molecule has 1 aliphatic carbocycles. The summed E-state index contributed by atoms with van der Waals surface area (Å²) in [5.74, 6) is 0.901. The van der Waals surface area contributed by atoms with Gasteiger partial charge in [0.05, 0.1) is 0 Å². The quantitative estimate of drug-likeness (QED) is 0.829. The average Bonchev–Trinajstić information content (AvgIpc) is 3.10. The second-order valence-corrected chi connectivity index (χ2v) is 5.73. The fraction of sp³-hybridized carbons (Fsp3) is 0.625. The van der Waals surface area contributed by atoms with E-state index in [1.807, 2.05) is 0 Å². The molecule has 0 radical (unpaired) electrons. The number of rotatable bonds is 6. The third kappa shape index (κ3) is 3.49. The van der Waals surface area contributed by atoms with Gasteiger partial charge in [-0.05, 0) is 62.4 Å². The van der Waals surface area contributed by atoms with Crippen LogP contribution in [0.5, 0.6) is 0 Å². The van der Waals surface area contributed by atoms with Gasteiger partial charge >= 0.3 is 0 Å². The minimum Gasteiger partial charge on any atom is -0.373 e. The van der Waals surface area contributed by atoms with Crippen LogP contribution in [0, 0.1) is 19.8 Å². The lowest BCUT2D eigenvalue weighted by atomic mass is 10.1. The van der Waals surface area contributed by atoms with Crippen LogP contribution in [0.1, 0.15) is 30.9 Å². The van der Waals surface area contributed by atoms with Crippen molar-refractivity contribution in [3.8, 4) is 0 Å². The Hall–Kier alpha value is -1.02. The maximum atomic E-state index is 3.63. The molecule has 1 aliphatic rings. The number of hydrogen-bond acceptors (Lipinski definition) is 2. The van der Waals surface area contributed by atoms with E-state index in [-0.39, 0.29) is 0 Å². The van der Waals surface area contributed by atoms with Crippen LogP contribution in [0.3, 0.4) is 0 Å². The highest BCUT2D eigenvalue weighted by Gasteiger charge is 2.31. The molecule has 1 fully saturated rings. The summed E-state index contributed by atoms with van der Waals surface area (Å²) in [5.41, 5.74) is 4.04. The van der Waals surface area contributed by atoms with Crippen molar-refractivity contribution in [3.05, 3.63) is 29.3 Å². The minimum absolute atomic E-state index is 0.654. The van der Waals surface area contributed by atoms with Crippen LogP contribution in [0.25, 0.3) is 0 Å². The maximum Gasteiger partial charge on any atom is 0.0369 e. The van der Waals surface area contributed by atoms with Gasteiger partial charge in [0.1, 0.15) is 0 Å². The molecule has 2 nitrogen and oxygen atoms in total. The van der Waals surface area contributed by atoms with Crippen LogP contribution >= 0.6 is 0 Å². The summed E-state index contributed by atoms with van der Waals surface area (Å²) in [6.45, 7) is 8.73. The lowest BCUT2D eigenvalue weighted by Crippen LogP contribution is -2.41. The van der Waals surface area contributed by atoms with Gasteiger partial charge in [-0.25, -0.2) is 0 Å². The molecule has 0 spiro atoms. The van der Waals surface area contributed by atoms with Crippen molar-refractivity contribution in [3.63, 3.8) is 0 Å². The summed E-state index contributed by atoms with van der Waals surface area (Å²) in [6.07, 6.45) is 2.80. The third-order valence-electron chi connectivity index (χ3n) is 3.78. The highest BCUT2D eigenvalue weighted by molar-refractivity contribution is 5.50. The van der Waals surface area contributed by atoms with E-state index in [2.05, 4.69) is 56.2 Å². The molecule has 1 aromatic rings. The van der Waals surface area contributed by atoms with Crippen molar-refractivity contribution < 1.29 is 0 Å². The van der Waals surface area contributed by atoms with Crippen LogP contribution in [0.15, 0.2) is 18.2 Å². The summed E-state index contributed by atoms with van der Waals surface area (Å²) in [4.78, 5) is 2.39. The van der Waals surface area contributed by atoms with Crippen molar-refractivity contribution in [2.75, 3.05) is 25.0 Å². The van der Waals surface area contributed by atoms with Crippen molar-refractivity contribution in [2.45, 2.75) is 39.7 Å². The molecule has 1 saturated carbocycles. The van der Waals surface area contributed by atoms with Crippen molar-refractivity contribution in [2.24, 2.45) is 5.92 Å². The second kappa shape index (κ2) is 5.75. The standard InChI is InChI=1S/C16H26N2/c1-5-17-16(14-6-7-14)11-18(4)15-9-12(2)8-13(3)10-15/h8-10,14,16-17H,5-7,11H2,1-4H3. The zero-order valence-electron chi connectivity index (χ0n) is 12.2. The van der Waals surface area contributed by atoms with Gasteiger partial charge in [0, 0.05) is 25.3 Å². The highest BCUT2D eigenvalue weighted by Crippen LogP contribution is 2.33. The zero-order valence-corrected chi connectivity index (χ0v) is 12.2. The summed E-state index contributed by atoms with van der Waals surface area (Å²) >= 11 is 0. The van der Waals surface area contributed by atoms with E-state index in [0.717, 1.165) is 19.0 Å². The molecule has 0 saturated heterocycles. The monoisotopic (exact) mass is 246 g/mol. The lowest BCUT2D eigenvalue weighted by molar-refractivity contribution is 0.476. The zero-order chi connectivity index (χ0) is 13.1. The van der Waals surface area contributed by atoms with Crippen LogP contribution in [-0.2, 0) is 0 Å². The van der Waals surface area contributed by atoms with Gasteiger partial charge in [-0.1, -0.05) is 13.0 Å². The Morgan fingerprint density at radius 3 is 2.33 bits per heavy atom. The van der Waals surface area contributed by atoms with Gasteiger partial charge in [-0.3, -0.25) is 0 Å². The molecule has 1 atom stereocenters. The predicted octanol–water partition coefficient (Wildman–Crippen LogP) is 3.13. The first-order chi connectivity index (χ1) is 8.60. The summed E-state index contributed by atoms with van der Waals surface area (Å²) in [5, 5.41) is 3.63. The Balaban J connectivity index is 2.02. The number of nitrogens with one attached hydrogen (secondary N) is 1. The average molecular weight is 246 g/mol. The Morgan fingerprint density at radius 1 is 1.22 bits per heavy atom. The molecule has 0 aliphatic heterocycles. The van der Waals surface area contributed by atoms with Crippen molar-refractivity contribution in [1.29, 1.82) is 0 Å². The topological polar surface area (TPSA) is 15.3 Å². The molecule has 0 bridgehead atoms. The largest absolute Gasteiger partial charge is 0.373 e. The summed E-state index contributed by atoms with van der Waals surface area (Å²) in [6, 6.07) is 7.45. The molecule has 1 N–H and O–H groups in total. The molecular formula is C16H26N2. The predicted molar refractivity (Wildman–Crippen MR) is 79.4 cm³/mol. The molecule has 1 aromatic carbocycles. The van der Waals surface area contributed by atoms with Gasteiger partial charge in [-0.2, -0.15) is 0 Å². The number of benzene rings is 1. The molecule has 1 unspecified atom stereocenters. The Labute approximate surface area is 111 Å². The maximum absolute atomic E-state index is 3.63. The first-order valence-corrected chi connectivity index (χ1v) is 7.13. The highest BCUT2D eigenvalue weighted by atomic mass is 15.1. The van der Waals surface area contributed by atoms with Crippen LogP contribution in [0.4, 0.5) is 5.69 Å². The van der Waals surface area contributed by atoms with E-state index < -0.39 is 0 Å². The Kier molecular flexibility index (Phi) is 4.28. The van der Waals surface area contributed by atoms with Crippen LogP contribution in [0.2, 0.25) is 0 Å². The molecular weight excluding hydrogens is 220 g/mol.